The first-order valence-electron chi connectivity index (χ1n) is 7.25. The van der Waals surface area contributed by atoms with Gasteiger partial charge in [-0.1, -0.05) is 0 Å². The average Bonchev–Trinajstić information content (AvgIpc) is 3.05. The fraction of sp³-hybridized carbons (Fsp3) is 0.933. The normalized spacial score (nSPS) is 29.5. The second-order valence-corrected chi connectivity index (χ2v) is 7.37. The van der Waals surface area contributed by atoms with Gasteiger partial charge in [0.2, 0.25) is 0 Å². The lowest BCUT2D eigenvalue weighted by molar-refractivity contribution is -0.182. The fourth-order valence-corrected chi connectivity index (χ4v) is 3.58. The first-order valence-corrected chi connectivity index (χ1v) is 7.25. The van der Waals surface area contributed by atoms with Gasteiger partial charge in [-0.2, -0.15) is 5.26 Å². The number of morpholine rings is 1. The van der Waals surface area contributed by atoms with Gasteiger partial charge in [0.15, 0.2) is 0 Å². The predicted molar refractivity (Wildman–Crippen MR) is 75.8 cm³/mol. The molecule has 108 valence electrons. The Morgan fingerprint density at radius 1 is 1.26 bits per heavy atom. The van der Waals surface area contributed by atoms with Crippen LogP contribution in [0.15, 0.2) is 0 Å². The van der Waals surface area contributed by atoms with Gasteiger partial charge in [0, 0.05) is 19.6 Å². The van der Waals surface area contributed by atoms with Crippen LogP contribution in [0.1, 0.15) is 40.5 Å². The zero-order valence-electron chi connectivity index (χ0n) is 12.9. The summed E-state index contributed by atoms with van der Waals surface area (Å²) in [5.41, 5.74) is -0.690. The molecule has 19 heavy (non-hydrogen) atoms. The highest BCUT2D eigenvalue weighted by Gasteiger charge is 2.48. The van der Waals surface area contributed by atoms with Crippen molar-refractivity contribution in [2.24, 2.45) is 5.92 Å². The molecule has 1 saturated heterocycles. The van der Waals surface area contributed by atoms with E-state index < -0.39 is 0 Å². The molecule has 1 heterocycles. The third-order valence-electron chi connectivity index (χ3n) is 4.15. The van der Waals surface area contributed by atoms with Crippen LogP contribution in [-0.2, 0) is 4.74 Å². The molecule has 1 unspecified atom stereocenters. The smallest absolute Gasteiger partial charge is 0.122 e. The van der Waals surface area contributed by atoms with Crippen LogP contribution in [0, 0.1) is 17.2 Å². The van der Waals surface area contributed by atoms with Crippen LogP contribution in [0.4, 0.5) is 0 Å². The Balaban J connectivity index is 2.11. The summed E-state index contributed by atoms with van der Waals surface area (Å²) in [6.07, 6.45) is 2.34. The topological polar surface area (TPSA) is 48.3 Å². The number of hydrogen-bond acceptors (Lipinski definition) is 4. The average molecular weight is 265 g/mol. The molecule has 0 radical (unpaired) electrons. The van der Waals surface area contributed by atoms with Crippen molar-refractivity contribution in [1.29, 1.82) is 5.26 Å². The Kier molecular flexibility index (Phi) is 3.68. The number of nitrogens with one attached hydrogen (secondary N) is 1. The van der Waals surface area contributed by atoms with Gasteiger partial charge >= 0.3 is 0 Å². The lowest BCUT2D eigenvalue weighted by Gasteiger charge is -2.49. The number of nitrogens with zero attached hydrogens (tertiary/aromatic N) is 2. The number of likely N-dealkylation sites (N-methyl/N-ethyl adjacent to an activating group) is 1. The molecule has 1 aliphatic heterocycles. The van der Waals surface area contributed by atoms with Crippen molar-refractivity contribution in [2.45, 2.75) is 57.3 Å². The van der Waals surface area contributed by atoms with Crippen LogP contribution in [0.25, 0.3) is 0 Å². The van der Waals surface area contributed by atoms with Crippen LogP contribution < -0.4 is 5.32 Å². The van der Waals surface area contributed by atoms with Crippen LogP contribution in [0.5, 0.6) is 0 Å². The predicted octanol–water partition coefficient (Wildman–Crippen LogP) is 1.77. The molecule has 1 N–H and O–H groups in total. The van der Waals surface area contributed by atoms with E-state index in [0.717, 1.165) is 19.6 Å². The van der Waals surface area contributed by atoms with Crippen molar-refractivity contribution in [2.75, 3.05) is 26.7 Å². The monoisotopic (exact) mass is 265 g/mol. The molecule has 1 saturated carbocycles. The minimum atomic E-state index is -0.385. The number of hydrogen-bond donors (Lipinski definition) is 1. The second kappa shape index (κ2) is 4.73. The van der Waals surface area contributed by atoms with Crippen LogP contribution in [-0.4, -0.2) is 48.3 Å². The van der Waals surface area contributed by atoms with Gasteiger partial charge in [-0.25, -0.2) is 0 Å². The van der Waals surface area contributed by atoms with E-state index in [4.69, 9.17) is 4.74 Å². The van der Waals surface area contributed by atoms with Gasteiger partial charge in [0.1, 0.15) is 5.54 Å². The molecule has 2 aliphatic rings. The van der Waals surface area contributed by atoms with E-state index in [1.807, 2.05) is 7.05 Å². The largest absolute Gasteiger partial charge is 0.367 e. The van der Waals surface area contributed by atoms with Crippen molar-refractivity contribution >= 4 is 0 Å². The quantitative estimate of drug-likeness (QED) is 0.841. The van der Waals surface area contributed by atoms with E-state index in [-0.39, 0.29) is 16.7 Å². The molecule has 0 bridgehead atoms. The van der Waals surface area contributed by atoms with Crippen LogP contribution in [0.2, 0.25) is 0 Å². The standard InChI is InChI=1S/C15H27N3O/c1-13(2)9-18(10-14(3,4)19-13)11-15(8-16,17-5)12-6-7-12/h12,17H,6-7,9-11H2,1-5H3. The maximum Gasteiger partial charge on any atom is 0.122 e. The van der Waals surface area contributed by atoms with Gasteiger partial charge in [-0.15, -0.1) is 0 Å². The Bertz CT molecular complexity index is 365. The summed E-state index contributed by atoms with van der Waals surface area (Å²) in [6, 6.07) is 2.54. The van der Waals surface area contributed by atoms with Crippen LogP contribution >= 0.6 is 0 Å². The van der Waals surface area contributed by atoms with Crippen molar-refractivity contribution in [1.82, 2.24) is 10.2 Å². The number of rotatable bonds is 4. The van der Waals surface area contributed by atoms with Crippen molar-refractivity contribution in [3.63, 3.8) is 0 Å². The zero-order valence-corrected chi connectivity index (χ0v) is 12.9. The third kappa shape index (κ3) is 3.28. The molecular formula is C15H27N3O. The van der Waals surface area contributed by atoms with Gasteiger partial charge in [0.05, 0.1) is 17.3 Å². The molecule has 0 amide bonds. The summed E-state index contributed by atoms with van der Waals surface area (Å²) in [4.78, 5) is 2.39. The molecule has 4 heteroatoms. The Morgan fingerprint density at radius 3 is 2.16 bits per heavy atom. The Hall–Kier alpha value is -0.630. The summed E-state index contributed by atoms with van der Waals surface area (Å²) in [6.45, 7) is 11.1. The highest BCUT2D eigenvalue weighted by molar-refractivity contribution is 5.16. The number of nitriles is 1. The molecule has 0 aromatic heterocycles. The van der Waals surface area contributed by atoms with Crippen molar-refractivity contribution in [3.05, 3.63) is 0 Å². The summed E-state index contributed by atoms with van der Waals surface area (Å²) >= 11 is 0. The highest BCUT2D eigenvalue weighted by atomic mass is 16.5. The van der Waals surface area contributed by atoms with E-state index in [9.17, 15) is 5.26 Å². The zero-order chi connectivity index (χ0) is 14.3. The van der Waals surface area contributed by atoms with E-state index in [0.29, 0.717) is 5.92 Å². The SMILES string of the molecule is CNC(C#N)(CN1CC(C)(C)OC(C)(C)C1)C1CC1. The van der Waals surface area contributed by atoms with E-state index in [1.54, 1.807) is 0 Å². The molecule has 1 atom stereocenters. The van der Waals surface area contributed by atoms with Crippen LogP contribution in [0.3, 0.4) is 0 Å². The molecule has 2 fully saturated rings. The number of ether oxygens (including phenoxy) is 1. The van der Waals surface area contributed by atoms with Gasteiger partial charge in [-0.3, -0.25) is 4.90 Å². The lowest BCUT2D eigenvalue weighted by atomic mass is 9.91. The van der Waals surface area contributed by atoms with Gasteiger partial charge in [0.25, 0.3) is 0 Å². The molecular weight excluding hydrogens is 238 g/mol. The third-order valence-corrected chi connectivity index (χ3v) is 4.15. The summed E-state index contributed by atoms with van der Waals surface area (Å²) < 4.78 is 6.10. The Morgan fingerprint density at radius 2 is 1.79 bits per heavy atom. The van der Waals surface area contributed by atoms with E-state index >= 15 is 0 Å². The lowest BCUT2D eigenvalue weighted by Crippen LogP contribution is -2.62. The fourth-order valence-electron chi connectivity index (χ4n) is 3.58. The minimum Gasteiger partial charge on any atom is -0.367 e. The summed E-state index contributed by atoms with van der Waals surface area (Å²) in [7, 11) is 1.91. The molecule has 0 aromatic carbocycles. The second-order valence-electron chi connectivity index (χ2n) is 7.37. The maximum atomic E-state index is 9.61. The minimum absolute atomic E-state index is 0.153. The van der Waals surface area contributed by atoms with Gasteiger partial charge in [-0.05, 0) is 53.5 Å². The van der Waals surface area contributed by atoms with Crippen molar-refractivity contribution < 1.29 is 4.74 Å². The highest BCUT2D eigenvalue weighted by Crippen LogP contribution is 2.40. The van der Waals surface area contributed by atoms with E-state index in [2.05, 4.69) is 44.0 Å². The van der Waals surface area contributed by atoms with Crippen molar-refractivity contribution in [3.8, 4) is 6.07 Å². The molecule has 2 rings (SSSR count). The first-order chi connectivity index (χ1) is 8.72. The first kappa shape index (κ1) is 14.8. The maximum absolute atomic E-state index is 9.61. The molecule has 1 aliphatic carbocycles. The summed E-state index contributed by atoms with van der Waals surface area (Å²) in [5, 5.41) is 12.9. The molecule has 4 nitrogen and oxygen atoms in total. The Labute approximate surface area is 117 Å². The molecule has 0 aromatic rings. The summed E-state index contributed by atoms with van der Waals surface area (Å²) in [5.74, 6) is 0.511. The molecule has 0 spiro atoms. The van der Waals surface area contributed by atoms with Gasteiger partial charge < -0.3 is 10.1 Å². The van der Waals surface area contributed by atoms with E-state index in [1.165, 1.54) is 12.8 Å².